The highest BCUT2D eigenvalue weighted by Crippen LogP contribution is 2.25. The van der Waals surface area contributed by atoms with Gasteiger partial charge in [0.05, 0.1) is 0 Å². The monoisotopic (exact) mass is 242 g/mol. The molecule has 17 heavy (non-hydrogen) atoms. The number of nitrogens with two attached hydrogens (primary N) is 1. The molecule has 3 N–H and O–H groups in total. The largest absolute Gasteiger partial charge is 0.480 e. The van der Waals surface area contributed by atoms with Crippen LogP contribution in [0.1, 0.15) is 39.5 Å². The van der Waals surface area contributed by atoms with Crippen molar-refractivity contribution >= 4 is 11.9 Å². The molecule has 1 aliphatic heterocycles. The maximum Gasteiger partial charge on any atom is 0.326 e. The summed E-state index contributed by atoms with van der Waals surface area (Å²) in [5.74, 6) is -0.900. The Morgan fingerprint density at radius 3 is 2.71 bits per heavy atom. The maximum absolute atomic E-state index is 11.9. The fraction of sp³-hybridized carbons (Fsp3) is 0.833. The van der Waals surface area contributed by atoms with Crippen LogP contribution >= 0.6 is 0 Å². The van der Waals surface area contributed by atoms with Crippen molar-refractivity contribution in [3.8, 4) is 0 Å². The number of rotatable bonds is 5. The van der Waals surface area contributed by atoms with Gasteiger partial charge < -0.3 is 15.7 Å². The Morgan fingerprint density at radius 2 is 2.18 bits per heavy atom. The molecule has 0 spiro atoms. The molecule has 0 bridgehead atoms. The lowest BCUT2D eigenvalue weighted by Gasteiger charge is -2.23. The number of hydrogen-bond acceptors (Lipinski definition) is 3. The van der Waals surface area contributed by atoms with Crippen LogP contribution in [0.4, 0.5) is 0 Å². The molecule has 3 unspecified atom stereocenters. The quantitative estimate of drug-likeness (QED) is 0.747. The van der Waals surface area contributed by atoms with Gasteiger partial charge in [-0.3, -0.25) is 4.79 Å². The van der Waals surface area contributed by atoms with Gasteiger partial charge in [0, 0.05) is 19.0 Å². The predicted octanol–water partition coefficient (Wildman–Crippen LogP) is 0.826. The number of carboxylic acids is 1. The highest BCUT2D eigenvalue weighted by atomic mass is 16.4. The van der Waals surface area contributed by atoms with E-state index >= 15 is 0 Å². The zero-order chi connectivity index (χ0) is 13.0. The van der Waals surface area contributed by atoms with E-state index in [0.717, 1.165) is 19.3 Å². The van der Waals surface area contributed by atoms with Crippen LogP contribution in [0.25, 0.3) is 0 Å². The van der Waals surface area contributed by atoms with Crippen molar-refractivity contribution in [2.24, 2.45) is 11.7 Å². The first-order valence-corrected chi connectivity index (χ1v) is 6.21. The lowest BCUT2D eigenvalue weighted by molar-refractivity contribution is -0.149. The number of nitrogens with zero attached hydrogens (tertiary/aromatic N) is 1. The van der Waals surface area contributed by atoms with Crippen LogP contribution in [0.5, 0.6) is 0 Å². The van der Waals surface area contributed by atoms with Gasteiger partial charge in [0.2, 0.25) is 5.91 Å². The first kappa shape index (κ1) is 14.0. The standard InChI is InChI=1S/C12H22N2O3/c1-8-6-7-14(11(8)12(16)17)10(15)5-3-4-9(2)13/h8-9,11H,3-7,13H2,1-2H3,(H,16,17). The molecule has 0 aromatic carbocycles. The normalized spacial score (nSPS) is 25.9. The molecular formula is C12H22N2O3. The SMILES string of the molecule is CC(N)CCCC(=O)N1CCC(C)C1C(=O)O. The summed E-state index contributed by atoms with van der Waals surface area (Å²) in [6, 6.07) is -0.548. The molecule has 1 rings (SSSR count). The Balaban J connectivity index is 2.48. The zero-order valence-corrected chi connectivity index (χ0v) is 10.6. The van der Waals surface area contributed by atoms with Crippen molar-refractivity contribution in [1.82, 2.24) is 4.90 Å². The Morgan fingerprint density at radius 1 is 1.53 bits per heavy atom. The second-order valence-electron chi connectivity index (χ2n) is 5.01. The van der Waals surface area contributed by atoms with E-state index in [1.165, 1.54) is 4.90 Å². The highest BCUT2D eigenvalue weighted by Gasteiger charge is 2.38. The van der Waals surface area contributed by atoms with Crippen molar-refractivity contribution in [1.29, 1.82) is 0 Å². The minimum atomic E-state index is -0.893. The van der Waals surface area contributed by atoms with Gasteiger partial charge in [0.15, 0.2) is 0 Å². The molecular weight excluding hydrogens is 220 g/mol. The minimum absolute atomic E-state index is 0.0462. The van der Waals surface area contributed by atoms with Crippen molar-refractivity contribution in [3.63, 3.8) is 0 Å². The molecule has 98 valence electrons. The van der Waals surface area contributed by atoms with E-state index in [1.54, 1.807) is 0 Å². The first-order chi connectivity index (χ1) is 7.93. The van der Waals surface area contributed by atoms with Crippen molar-refractivity contribution in [2.75, 3.05) is 6.54 Å². The molecule has 0 saturated carbocycles. The van der Waals surface area contributed by atoms with E-state index in [2.05, 4.69) is 0 Å². The Hall–Kier alpha value is -1.10. The Kier molecular flexibility index (Phi) is 4.93. The van der Waals surface area contributed by atoms with Gasteiger partial charge in [0.1, 0.15) is 6.04 Å². The Labute approximate surface area is 102 Å². The molecule has 0 radical (unpaired) electrons. The van der Waals surface area contributed by atoms with Gasteiger partial charge in [-0.1, -0.05) is 6.92 Å². The van der Waals surface area contributed by atoms with Gasteiger partial charge in [-0.05, 0) is 32.1 Å². The zero-order valence-electron chi connectivity index (χ0n) is 10.6. The molecule has 0 aromatic rings. The number of amides is 1. The van der Waals surface area contributed by atoms with Gasteiger partial charge in [0.25, 0.3) is 0 Å². The molecule has 1 fully saturated rings. The second kappa shape index (κ2) is 6.00. The van der Waals surface area contributed by atoms with E-state index in [9.17, 15) is 9.59 Å². The summed E-state index contributed by atoms with van der Waals surface area (Å²) in [6.07, 6.45) is 2.70. The number of likely N-dealkylation sites (tertiary alicyclic amines) is 1. The average Bonchev–Trinajstić information content (AvgIpc) is 2.59. The van der Waals surface area contributed by atoms with Crippen LogP contribution in [0.3, 0.4) is 0 Å². The smallest absolute Gasteiger partial charge is 0.326 e. The minimum Gasteiger partial charge on any atom is -0.480 e. The van der Waals surface area contributed by atoms with E-state index < -0.39 is 12.0 Å². The molecule has 0 aromatic heterocycles. The van der Waals surface area contributed by atoms with E-state index in [-0.39, 0.29) is 17.9 Å². The van der Waals surface area contributed by atoms with E-state index in [4.69, 9.17) is 10.8 Å². The highest BCUT2D eigenvalue weighted by molar-refractivity contribution is 5.84. The maximum atomic E-state index is 11.9. The number of carbonyl (C=O) groups is 2. The molecule has 0 aliphatic carbocycles. The molecule has 5 heteroatoms. The van der Waals surface area contributed by atoms with Crippen LogP contribution in [0, 0.1) is 5.92 Å². The molecule has 1 amide bonds. The van der Waals surface area contributed by atoms with Crippen LogP contribution in [0.2, 0.25) is 0 Å². The van der Waals surface area contributed by atoms with Crippen molar-refractivity contribution in [3.05, 3.63) is 0 Å². The third-order valence-electron chi connectivity index (χ3n) is 3.32. The van der Waals surface area contributed by atoms with Gasteiger partial charge in [-0.15, -0.1) is 0 Å². The van der Waals surface area contributed by atoms with Crippen LogP contribution in [0.15, 0.2) is 0 Å². The van der Waals surface area contributed by atoms with Gasteiger partial charge in [-0.25, -0.2) is 4.79 Å². The molecule has 5 nitrogen and oxygen atoms in total. The summed E-state index contributed by atoms with van der Waals surface area (Å²) >= 11 is 0. The predicted molar refractivity (Wildman–Crippen MR) is 64.4 cm³/mol. The summed E-state index contributed by atoms with van der Waals surface area (Å²) in [4.78, 5) is 24.5. The van der Waals surface area contributed by atoms with Crippen LogP contribution in [-0.2, 0) is 9.59 Å². The topological polar surface area (TPSA) is 83.6 Å². The second-order valence-corrected chi connectivity index (χ2v) is 5.01. The van der Waals surface area contributed by atoms with Crippen molar-refractivity contribution < 1.29 is 14.7 Å². The van der Waals surface area contributed by atoms with Gasteiger partial charge in [-0.2, -0.15) is 0 Å². The Bertz CT molecular complexity index is 291. The number of carboxylic acid groups (broad SMARTS) is 1. The number of carbonyl (C=O) groups excluding carboxylic acids is 1. The van der Waals surface area contributed by atoms with Gasteiger partial charge >= 0.3 is 5.97 Å². The average molecular weight is 242 g/mol. The first-order valence-electron chi connectivity index (χ1n) is 6.21. The summed E-state index contributed by atoms with van der Waals surface area (Å²) in [5, 5.41) is 9.10. The summed E-state index contributed by atoms with van der Waals surface area (Å²) in [6.45, 7) is 4.35. The van der Waals surface area contributed by atoms with E-state index in [1.807, 2.05) is 13.8 Å². The number of hydrogen-bond donors (Lipinski definition) is 2. The number of aliphatic carboxylic acids is 1. The van der Waals surface area contributed by atoms with Crippen LogP contribution < -0.4 is 5.73 Å². The van der Waals surface area contributed by atoms with Crippen LogP contribution in [-0.4, -0.2) is 40.5 Å². The molecule has 1 heterocycles. The third kappa shape index (κ3) is 3.70. The third-order valence-corrected chi connectivity index (χ3v) is 3.32. The summed E-state index contributed by atoms with van der Waals surface area (Å²) in [7, 11) is 0. The molecule has 1 saturated heterocycles. The van der Waals surface area contributed by atoms with Crippen molar-refractivity contribution in [2.45, 2.75) is 51.6 Å². The van der Waals surface area contributed by atoms with E-state index in [0.29, 0.717) is 13.0 Å². The fourth-order valence-corrected chi connectivity index (χ4v) is 2.32. The molecule has 3 atom stereocenters. The lowest BCUT2D eigenvalue weighted by Crippen LogP contribution is -2.42. The fourth-order valence-electron chi connectivity index (χ4n) is 2.32. The summed E-state index contributed by atoms with van der Waals surface area (Å²) < 4.78 is 0. The lowest BCUT2D eigenvalue weighted by atomic mass is 10.0. The molecule has 1 aliphatic rings. The summed E-state index contributed by atoms with van der Waals surface area (Å²) in [5.41, 5.74) is 5.61.